The third-order valence-electron chi connectivity index (χ3n) is 0.851. The van der Waals surface area contributed by atoms with E-state index in [0.717, 1.165) is 0 Å². The first-order valence-corrected chi connectivity index (χ1v) is 3.15. The van der Waals surface area contributed by atoms with Gasteiger partial charge < -0.3 is 4.42 Å². The van der Waals surface area contributed by atoms with E-state index in [1.807, 2.05) is 19.9 Å². The van der Waals surface area contributed by atoms with E-state index in [4.69, 9.17) is 9.68 Å². The van der Waals surface area contributed by atoms with Crippen molar-refractivity contribution in [3.63, 3.8) is 0 Å². The minimum absolute atomic E-state index is 0.366. The molecule has 1 heterocycles. The Labute approximate surface area is 60.3 Å². The summed E-state index contributed by atoms with van der Waals surface area (Å²) < 4.78 is 4.72. The highest BCUT2D eigenvalue weighted by atomic mass is 16.3. The summed E-state index contributed by atoms with van der Waals surface area (Å²) in [5.41, 5.74) is 0.366. The maximum Gasteiger partial charge on any atom is 0.182 e. The van der Waals surface area contributed by atoms with E-state index in [1.165, 1.54) is 6.39 Å². The maximum atomic E-state index is 8.23. The molecule has 0 unspecified atom stereocenters. The number of hydrogen-bond acceptors (Lipinski definition) is 3. The van der Waals surface area contributed by atoms with Crippen molar-refractivity contribution in [1.29, 1.82) is 5.26 Å². The highest BCUT2D eigenvalue weighted by molar-refractivity contribution is 5.20. The molecule has 0 radical (unpaired) electrons. The summed E-state index contributed by atoms with van der Waals surface area (Å²) in [6.45, 7) is 5.70. The van der Waals surface area contributed by atoms with Crippen LogP contribution < -0.4 is 0 Å². The highest BCUT2D eigenvalue weighted by Gasteiger charge is 1.97. The largest absolute Gasteiger partial charge is 0.447 e. The van der Waals surface area contributed by atoms with E-state index in [0.29, 0.717) is 11.5 Å². The smallest absolute Gasteiger partial charge is 0.182 e. The van der Waals surface area contributed by atoms with E-state index in [2.05, 4.69) is 4.98 Å². The molecular weight excluding hydrogens is 128 g/mol. The Bertz CT molecular complexity index is 222. The van der Waals surface area contributed by atoms with Crippen LogP contribution >= 0.6 is 0 Å². The van der Waals surface area contributed by atoms with Crippen molar-refractivity contribution in [3.8, 4) is 6.07 Å². The Kier molecular flexibility index (Phi) is 3.97. The van der Waals surface area contributed by atoms with Gasteiger partial charge in [-0.2, -0.15) is 5.26 Å². The lowest BCUT2D eigenvalue weighted by atomic mass is 10.4. The molecule has 0 aliphatic heterocycles. The predicted octanol–water partition coefficient (Wildman–Crippen LogP) is 1.88. The monoisotopic (exact) mass is 138 g/mol. The van der Waals surface area contributed by atoms with Crippen LogP contribution in [-0.4, -0.2) is 4.98 Å². The van der Waals surface area contributed by atoms with Crippen molar-refractivity contribution in [2.45, 2.75) is 20.8 Å². The van der Waals surface area contributed by atoms with Gasteiger partial charge in [-0.3, -0.25) is 0 Å². The van der Waals surface area contributed by atoms with Gasteiger partial charge in [-0.1, -0.05) is 13.8 Å². The molecule has 0 N–H and O–H groups in total. The standard InChI is InChI=1S/C5H4N2O.C2H6/c1-4-5(2-6)7-3-8-4;1-2/h3H,1H3;1-2H3. The molecule has 0 saturated carbocycles. The lowest BCUT2D eigenvalue weighted by molar-refractivity contribution is 0.526. The number of nitriles is 1. The van der Waals surface area contributed by atoms with Crippen molar-refractivity contribution >= 4 is 0 Å². The van der Waals surface area contributed by atoms with E-state index < -0.39 is 0 Å². The van der Waals surface area contributed by atoms with Gasteiger partial charge in [-0.05, 0) is 6.92 Å². The fourth-order valence-corrected chi connectivity index (χ4v) is 0.412. The lowest BCUT2D eigenvalue weighted by Gasteiger charge is -1.73. The minimum Gasteiger partial charge on any atom is -0.447 e. The topological polar surface area (TPSA) is 49.8 Å². The summed E-state index contributed by atoms with van der Waals surface area (Å²) in [5, 5.41) is 8.23. The van der Waals surface area contributed by atoms with Crippen molar-refractivity contribution in [2.75, 3.05) is 0 Å². The second kappa shape index (κ2) is 4.57. The summed E-state index contributed by atoms with van der Waals surface area (Å²) in [6.07, 6.45) is 1.26. The Hall–Kier alpha value is -1.30. The van der Waals surface area contributed by atoms with Gasteiger partial charge in [0.15, 0.2) is 12.1 Å². The molecule has 1 aromatic heterocycles. The van der Waals surface area contributed by atoms with Gasteiger partial charge in [0.1, 0.15) is 11.8 Å². The average Bonchev–Trinajstić information content (AvgIpc) is 2.39. The zero-order valence-corrected chi connectivity index (χ0v) is 6.38. The number of nitrogens with zero attached hydrogens (tertiary/aromatic N) is 2. The van der Waals surface area contributed by atoms with Crippen molar-refractivity contribution in [2.24, 2.45) is 0 Å². The molecule has 0 bridgehead atoms. The maximum absolute atomic E-state index is 8.23. The Morgan fingerprint density at radius 1 is 1.60 bits per heavy atom. The van der Waals surface area contributed by atoms with E-state index >= 15 is 0 Å². The summed E-state index contributed by atoms with van der Waals surface area (Å²) >= 11 is 0. The number of aryl methyl sites for hydroxylation is 1. The van der Waals surface area contributed by atoms with E-state index in [1.54, 1.807) is 6.92 Å². The van der Waals surface area contributed by atoms with Crippen LogP contribution in [0.3, 0.4) is 0 Å². The normalized spacial score (nSPS) is 7.40. The fraction of sp³-hybridized carbons (Fsp3) is 0.429. The third kappa shape index (κ3) is 1.90. The summed E-state index contributed by atoms with van der Waals surface area (Å²) in [5.74, 6) is 0.576. The summed E-state index contributed by atoms with van der Waals surface area (Å²) in [6, 6.07) is 1.87. The quantitative estimate of drug-likeness (QED) is 0.550. The van der Waals surface area contributed by atoms with Crippen LogP contribution in [-0.2, 0) is 0 Å². The van der Waals surface area contributed by atoms with Gasteiger partial charge >= 0.3 is 0 Å². The van der Waals surface area contributed by atoms with Gasteiger partial charge in [-0.25, -0.2) is 4.98 Å². The van der Waals surface area contributed by atoms with Gasteiger partial charge in [-0.15, -0.1) is 0 Å². The summed E-state index contributed by atoms with van der Waals surface area (Å²) in [4.78, 5) is 3.61. The van der Waals surface area contributed by atoms with Crippen molar-refractivity contribution in [1.82, 2.24) is 4.98 Å². The molecule has 1 aromatic rings. The molecule has 0 amide bonds. The molecule has 1 rings (SSSR count). The number of oxazole rings is 1. The van der Waals surface area contributed by atoms with Crippen LogP contribution in [0.5, 0.6) is 0 Å². The molecule has 0 aromatic carbocycles. The van der Waals surface area contributed by atoms with E-state index in [9.17, 15) is 0 Å². The average molecular weight is 138 g/mol. The molecular formula is C7H10N2O. The number of aromatic nitrogens is 1. The lowest BCUT2D eigenvalue weighted by Crippen LogP contribution is -1.72. The van der Waals surface area contributed by atoms with E-state index in [-0.39, 0.29) is 0 Å². The SMILES string of the molecule is CC.Cc1ocnc1C#N. The molecule has 0 saturated heterocycles. The Balaban J connectivity index is 0.000000371. The second-order valence-electron chi connectivity index (χ2n) is 1.37. The molecule has 10 heavy (non-hydrogen) atoms. The second-order valence-corrected chi connectivity index (χ2v) is 1.37. The van der Waals surface area contributed by atoms with Crippen LogP contribution in [0.4, 0.5) is 0 Å². The Morgan fingerprint density at radius 3 is 2.40 bits per heavy atom. The first-order valence-electron chi connectivity index (χ1n) is 3.15. The van der Waals surface area contributed by atoms with Gasteiger partial charge in [0.2, 0.25) is 0 Å². The van der Waals surface area contributed by atoms with Gasteiger partial charge in [0.25, 0.3) is 0 Å². The van der Waals surface area contributed by atoms with Crippen LogP contribution in [0.15, 0.2) is 10.8 Å². The molecule has 0 spiro atoms. The van der Waals surface area contributed by atoms with Crippen LogP contribution in [0.25, 0.3) is 0 Å². The van der Waals surface area contributed by atoms with Crippen LogP contribution in [0, 0.1) is 18.3 Å². The fourth-order valence-electron chi connectivity index (χ4n) is 0.412. The molecule has 0 fully saturated rings. The summed E-state index contributed by atoms with van der Waals surface area (Å²) in [7, 11) is 0. The van der Waals surface area contributed by atoms with Crippen LogP contribution in [0.2, 0.25) is 0 Å². The van der Waals surface area contributed by atoms with Crippen molar-refractivity contribution < 1.29 is 4.42 Å². The predicted molar refractivity (Wildman–Crippen MR) is 37.3 cm³/mol. The number of hydrogen-bond donors (Lipinski definition) is 0. The molecule has 0 aliphatic rings. The van der Waals surface area contributed by atoms with Crippen molar-refractivity contribution in [3.05, 3.63) is 17.8 Å². The first-order chi connectivity index (χ1) is 4.84. The molecule has 54 valence electrons. The molecule has 3 heteroatoms. The first kappa shape index (κ1) is 8.70. The minimum atomic E-state index is 0.366. The van der Waals surface area contributed by atoms with Gasteiger partial charge in [0.05, 0.1) is 0 Å². The highest BCUT2D eigenvalue weighted by Crippen LogP contribution is 2.00. The zero-order valence-electron chi connectivity index (χ0n) is 6.38. The molecule has 0 aliphatic carbocycles. The zero-order chi connectivity index (χ0) is 7.98. The molecule has 0 atom stereocenters. The van der Waals surface area contributed by atoms with Crippen LogP contribution in [0.1, 0.15) is 25.3 Å². The molecule has 3 nitrogen and oxygen atoms in total. The third-order valence-corrected chi connectivity index (χ3v) is 0.851. The Morgan fingerprint density at radius 2 is 2.20 bits per heavy atom. The van der Waals surface area contributed by atoms with Gasteiger partial charge in [0, 0.05) is 0 Å². The number of rotatable bonds is 0.